The molecule has 1 aliphatic rings. The second-order valence-electron chi connectivity index (χ2n) is 7.40. The van der Waals surface area contributed by atoms with Gasteiger partial charge in [-0.05, 0) is 59.3 Å². The van der Waals surface area contributed by atoms with Crippen LogP contribution >= 0.6 is 0 Å². The minimum Gasteiger partial charge on any atom is -0.481 e. The van der Waals surface area contributed by atoms with Gasteiger partial charge >= 0.3 is 5.97 Å². The Kier molecular flexibility index (Phi) is 5.39. The lowest BCUT2D eigenvalue weighted by atomic mass is 9.69. The summed E-state index contributed by atoms with van der Waals surface area (Å²) in [6.07, 6.45) is 2.31. The maximum absolute atomic E-state index is 11.8. The summed E-state index contributed by atoms with van der Waals surface area (Å²) >= 11 is 0. The van der Waals surface area contributed by atoms with Crippen LogP contribution in [0.15, 0.2) is 0 Å². The van der Waals surface area contributed by atoms with Crippen LogP contribution in [-0.2, 0) is 9.59 Å². The molecule has 0 aromatic heterocycles. The Morgan fingerprint density at radius 2 is 1.71 bits per heavy atom. The summed E-state index contributed by atoms with van der Waals surface area (Å²) in [5.74, 6) is -1.51. The lowest BCUT2D eigenvalue weighted by molar-refractivity contribution is -0.253. The van der Waals surface area contributed by atoms with Crippen LogP contribution in [0.25, 0.3) is 0 Å². The summed E-state index contributed by atoms with van der Waals surface area (Å²) in [5, 5.41) is 20.4. The Hall–Kier alpha value is -1.14. The first-order chi connectivity index (χ1) is 9.47. The topological polar surface area (TPSA) is 104 Å². The number of aliphatic carboxylic acids is 1. The van der Waals surface area contributed by atoms with Gasteiger partial charge in [0.25, 0.3) is 0 Å². The maximum Gasteiger partial charge on any atom is 0.303 e. The molecule has 1 aliphatic heterocycles. The van der Waals surface area contributed by atoms with E-state index in [1.165, 1.54) is 5.06 Å². The summed E-state index contributed by atoms with van der Waals surface area (Å²) < 4.78 is 0. The number of rotatable bonds is 6. The highest BCUT2D eigenvalue weighted by atomic mass is 16.5. The van der Waals surface area contributed by atoms with Crippen LogP contribution in [0.4, 0.5) is 0 Å². The van der Waals surface area contributed by atoms with Gasteiger partial charge in [-0.2, -0.15) is 5.06 Å². The Balaban J connectivity index is 2.83. The molecule has 0 aliphatic carbocycles. The second kappa shape index (κ2) is 6.32. The zero-order valence-corrected chi connectivity index (χ0v) is 13.4. The van der Waals surface area contributed by atoms with E-state index in [9.17, 15) is 14.8 Å². The molecule has 1 fully saturated rings. The molecule has 4 N–H and O–H groups in total. The van der Waals surface area contributed by atoms with E-state index in [1.807, 2.05) is 27.7 Å². The summed E-state index contributed by atoms with van der Waals surface area (Å²) in [7, 11) is 0. The molecule has 0 saturated carbocycles. The average Bonchev–Trinajstić information content (AvgIpc) is 2.30. The van der Waals surface area contributed by atoms with Gasteiger partial charge in [-0.3, -0.25) is 9.59 Å². The van der Waals surface area contributed by atoms with Crippen molar-refractivity contribution in [2.45, 2.75) is 70.9 Å². The Morgan fingerprint density at radius 1 is 1.24 bits per heavy atom. The quantitative estimate of drug-likeness (QED) is 0.696. The molecule has 1 atom stereocenters. The Bertz CT molecular complexity index is 388. The molecule has 0 spiro atoms. The summed E-state index contributed by atoms with van der Waals surface area (Å²) in [4.78, 5) is 22.4. The summed E-state index contributed by atoms with van der Waals surface area (Å²) in [6.45, 7) is 7.76. The number of nitrogens with zero attached hydrogens (tertiary/aromatic N) is 1. The normalized spacial score (nSPS) is 23.7. The van der Waals surface area contributed by atoms with Crippen molar-refractivity contribution in [2.24, 2.45) is 17.6 Å². The molecular formula is C15H28N2O4. The number of piperidine rings is 1. The zero-order valence-electron chi connectivity index (χ0n) is 13.4. The van der Waals surface area contributed by atoms with Gasteiger partial charge in [0.15, 0.2) is 0 Å². The first-order valence-electron chi connectivity index (χ1n) is 7.48. The van der Waals surface area contributed by atoms with Crippen LogP contribution in [0.2, 0.25) is 0 Å². The van der Waals surface area contributed by atoms with Gasteiger partial charge in [0.05, 0.1) is 0 Å². The maximum atomic E-state index is 11.8. The molecule has 0 bridgehead atoms. The van der Waals surface area contributed by atoms with E-state index in [-0.39, 0.29) is 24.2 Å². The monoisotopic (exact) mass is 300 g/mol. The van der Waals surface area contributed by atoms with Crippen molar-refractivity contribution >= 4 is 11.9 Å². The first-order valence-corrected chi connectivity index (χ1v) is 7.48. The highest BCUT2D eigenvalue weighted by Gasteiger charge is 2.47. The number of hydroxylamine groups is 2. The number of amides is 1. The van der Waals surface area contributed by atoms with Crippen molar-refractivity contribution < 1.29 is 19.9 Å². The molecule has 1 amide bonds. The molecule has 0 aromatic carbocycles. The second-order valence-corrected chi connectivity index (χ2v) is 7.40. The largest absolute Gasteiger partial charge is 0.481 e. The number of nitrogens with two attached hydrogens (primary N) is 1. The van der Waals surface area contributed by atoms with Crippen LogP contribution in [0, 0.1) is 11.8 Å². The molecule has 6 heteroatoms. The lowest BCUT2D eigenvalue weighted by Gasteiger charge is -2.52. The molecule has 21 heavy (non-hydrogen) atoms. The SMILES string of the molecule is CC1(C)CC(C(CCCC(=O)O)C(N)=O)CC(C)(C)N1O. The van der Waals surface area contributed by atoms with E-state index in [0.717, 1.165) is 0 Å². The highest BCUT2D eigenvalue weighted by molar-refractivity contribution is 5.77. The van der Waals surface area contributed by atoms with Crippen molar-refractivity contribution in [1.82, 2.24) is 5.06 Å². The number of hydrogen-bond donors (Lipinski definition) is 3. The highest BCUT2D eigenvalue weighted by Crippen LogP contribution is 2.43. The van der Waals surface area contributed by atoms with Crippen LogP contribution in [-0.4, -0.2) is 38.3 Å². The number of carbonyl (C=O) groups excluding carboxylic acids is 1. The zero-order chi connectivity index (χ0) is 16.4. The van der Waals surface area contributed by atoms with E-state index in [1.54, 1.807) is 0 Å². The van der Waals surface area contributed by atoms with Crippen molar-refractivity contribution in [2.75, 3.05) is 0 Å². The molecule has 6 nitrogen and oxygen atoms in total. The van der Waals surface area contributed by atoms with Crippen molar-refractivity contribution in [3.05, 3.63) is 0 Å². The molecule has 122 valence electrons. The third-order valence-corrected chi connectivity index (χ3v) is 4.51. The lowest BCUT2D eigenvalue weighted by Crippen LogP contribution is -2.60. The average molecular weight is 300 g/mol. The van der Waals surface area contributed by atoms with E-state index in [0.29, 0.717) is 25.7 Å². The van der Waals surface area contributed by atoms with E-state index < -0.39 is 17.0 Å². The fourth-order valence-electron chi connectivity index (χ4n) is 3.72. The number of primary amides is 1. The third kappa shape index (κ3) is 4.41. The smallest absolute Gasteiger partial charge is 0.303 e. The number of carboxylic acids is 1. The van der Waals surface area contributed by atoms with E-state index in [4.69, 9.17) is 10.8 Å². The van der Waals surface area contributed by atoms with Crippen molar-refractivity contribution in [1.29, 1.82) is 0 Å². The van der Waals surface area contributed by atoms with Crippen LogP contribution in [0.3, 0.4) is 0 Å². The molecule has 1 heterocycles. The third-order valence-electron chi connectivity index (χ3n) is 4.51. The number of carbonyl (C=O) groups is 2. The molecule has 1 rings (SSSR count). The summed E-state index contributed by atoms with van der Waals surface area (Å²) in [5.41, 5.74) is 4.66. The number of hydrogen-bond acceptors (Lipinski definition) is 4. The molecule has 0 aromatic rings. The van der Waals surface area contributed by atoms with E-state index >= 15 is 0 Å². The standard InChI is InChI=1S/C15H28N2O4/c1-14(2)8-10(9-15(3,4)17(14)21)11(13(16)20)6-5-7-12(18)19/h10-11,21H,5-9H2,1-4H3,(H2,16,20)(H,18,19). The van der Waals surface area contributed by atoms with Gasteiger partial charge < -0.3 is 16.0 Å². The van der Waals surface area contributed by atoms with Gasteiger partial charge in [0.2, 0.25) is 5.91 Å². The minimum absolute atomic E-state index is 0.0510. The van der Waals surface area contributed by atoms with Crippen LogP contribution in [0.5, 0.6) is 0 Å². The van der Waals surface area contributed by atoms with Gasteiger partial charge in [0.1, 0.15) is 0 Å². The molecule has 1 saturated heterocycles. The Morgan fingerprint density at radius 3 is 2.10 bits per heavy atom. The number of carboxylic acid groups (broad SMARTS) is 1. The molecule has 0 radical (unpaired) electrons. The first kappa shape index (κ1) is 17.9. The fraction of sp³-hybridized carbons (Fsp3) is 0.867. The predicted molar refractivity (Wildman–Crippen MR) is 78.7 cm³/mol. The van der Waals surface area contributed by atoms with E-state index in [2.05, 4.69) is 0 Å². The van der Waals surface area contributed by atoms with Gasteiger partial charge in [-0.1, -0.05) is 0 Å². The van der Waals surface area contributed by atoms with Gasteiger partial charge in [-0.25, -0.2) is 0 Å². The van der Waals surface area contributed by atoms with Crippen LogP contribution in [0.1, 0.15) is 59.8 Å². The minimum atomic E-state index is -0.857. The van der Waals surface area contributed by atoms with Crippen molar-refractivity contribution in [3.63, 3.8) is 0 Å². The predicted octanol–water partition coefficient (Wildman–Crippen LogP) is 2.00. The molecular weight excluding hydrogens is 272 g/mol. The molecule has 1 unspecified atom stereocenters. The van der Waals surface area contributed by atoms with Gasteiger partial charge in [-0.15, -0.1) is 0 Å². The fourth-order valence-corrected chi connectivity index (χ4v) is 3.72. The van der Waals surface area contributed by atoms with Crippen molar-refractivity contribution in [3.8, 4) is 0 Å². The van der Waals surface area contributed by atoms with Crippen LogP contribution < -0.4 is 5.73 Å². The summed E-state index contributed by atoms with van der Waals surface area (Å²) in [6, 6.07) is 0. The Labute approximate surface area is 126 Å². The van der Waals surface area contributed by atoms with Gasteiger partial charge in [0, 0.05) is 23.4 Å².